The van der Waals surface area contributed by atoms with Gasteiger partial charge in [-0.25, -0.2) is 15.4 Å². The summed E-state index contributed by atoms with van der Waals surface area (Å²) in [6, 6.07) is 20.8. The molecular weight excluding hydrogens is 334 g/mol. The van der Waals surface area contributed by atoms with Gasteiger partial charge < -0.3 is 4.90 Å². The minimum absolute atomic E-state index is 0.514. The standard InChI is InChI=1S/C22H25N5/c1-4-27(16-20-8-6-5-7-9-20)21-12-10-19(11-13-21)15-23-26-22-24-17(2)14-18(3)25-22/h5-15H,4,16H2,1-3H3,(H,24,25,26)/b23-15-. The molecule has 1 heterocycles. The van der Waals surface area contributed by atoms with Gasteiger partial charge in [0.1, 0.15) is 0 Å². The summed E-state index contributed by atoms with van der Waals surface area (Å²) >= 11 is 0. The summed E-state index contributed by atoms with van der Waals surface area (Å²) in [7, 11) is 0. The third kappa shape index (κ3) is 5.38. The molecule has 0 bridgehead atoms. The van der Waals surface area contributed by atoms with E-state index in [4.69, 9.17) is 0 Å². The van der Waals surface area contributed by atoms with Crippen molar-refractivity contribution in [1.82, 2.24) is 9.97 Å². The van der Waals surface area contributed by atoms with Crippen LogP contribution in [0.4, 0.5) is 11.6 Å². The molecule has 0 unspecified atom stereocenters. The van der Waals surface area contributed by atoms with Gasteiger partial charge in [-0.05, 0) is 50.1 Å². The molecule has 0 aliphatic heterocycles. The molecule has 0 atom stereocenters. The Morgan fingerprint density at radius 3 is 2.26 bits per heavy atom. The van der Waals surface area contributed by atoms with E-state index in [1.165, 1.54) is 11.3 Å². The maximum atomic E-state index is 4.31. The molecule has 0 spiro atoms. The van der Waals surface area contributed by atoms with Crippen molar-refractivity contribution in [1.29, 1.82) is 0 Å². The third-order valence-electron chi connectivity index (χ3n) is 4.22. The second kappa shape index (κ2) is 8.94. The molecule has 0 radical (unpaired) electrons. The van der Waals surface area contributed by atoms with Crippen LogP contribution in [-0.4, -0.2) is 22.7 Å². The summed E-state index contributed by atoms with van der Waals surface area (Å²) in [6.45, 7) is 7.91. The fraction of sp³-hybridized carbons (Fsp3) is 0.227. The van der Waals surface area contributed by atoms with Crippen molar-refractivity contribution >= 4 is 17.9 Å². The fourth-order valence-electron chi connectivity index (χ4n) is 2.90. The highest BCUT2D eigenvalue weighted by Gasteiger charge is 2.05. The monoisotopic (exact) mass is 359 g/mol. The van der Waals surface area contributed by atoms with Crippen molar-refractivity contribution in [3.8, 4) is 0 Å². The number of aromatic nitrogens is 2. The van der Waals surface area contributed by atoms with E-state index in [0.29, 0.717) is 5.95 Å². The zero-order chi connectivity index (χ0) is 19.1. The first-order valence-corrected chi connectivity index (χ1v) is 9.14. The van der Waals surface area contributed by atoms with Crippen molar-refractivity contribution in [2.45, 2.75) is 27.3 Å². The molecule has 27 heavy (non-hydrogen) atoms. The van der Waals surface area contributed by atoms with Crippen molar-refractivity contribution < 1.29 is 0 Å². The van der Waals surface area contributed by atoms with Crippen LogP contribution in [-0.2, 0) is 6.54 Å². The average molecular weight is 359 g/mol. The van der Waals surface area contributed by atoms with E-state index in [1.807, 2.05) is 26.0 Å². The number of nitrogens with zero attached hydrogens (tertiary/aromatic N) is 4. The van der Waals surface area contributed by atoms with Crippen molar-refractivity contribution in [3.05, 3.63) is 83.2 Å². The van der Waals surface area contributed by atoms with E-state index in [2.05, 4.69) is 80.8 Å². The van der Waals surface area contributed by atoms with Crippen LogP contribution < -0.4 is 10.3 Å². The number of rotatable bonds is 7. The van der Waals surface area contributed by atoms with Gasteiger partial charge in [0, 0.05) is 30.2 Å². The van der Waals surface area contributed by atoms with E-state index in [0.717, 1.165) is 30.0 Å². The Hall–Kier alpha value is -3.21. The minimum atomic E-state index is 0.514. The van der Waals surface area contributed by atoms with E-state index in [9.17, 15) is 0 Å². The lowest BCUT2D eigenvalue weighted by Crippen LogP contribution is -2.21. The molecule has 0 saturated heterocycles. The summed E-state index contributed by atoms with van der Waals surface area (Å²) in [6.07, 6.45) is 1.78. The number of aryl methyl sites for hydroxylation is 2. The van der Waals surface area contributed by atoms with Gasteiger partial charge in [0.2, 0.25) is 5.95 Å². The Bertz CT molecular complexity index is 868. The van der Waals surface area contributed by atoms with Gasteiger partial charge >= 0.3 is 0 Å². The van der Waals surface area contributed by atoms with E-state index in [1.54, 1.807) is 6.21 Å². The lowest BCUT2D eigenvalue weighted by atomic mass is 10.1. The molecule has 5 heteroatoms. The lowest BCUT2D eigenvalue weighted by Gasteiger charge is -2.23. The van der Waals surface area contributed by atoms with Gasteiger partial charge in [0.05, 0.1) is 6.21 Å². The van der Waals surface area contributed by atoms with Gasteiger partial charge in [-0.1, -0.05) is 42.5 Å². The molecule has 5 nitrogen and oxygen atoms in total. The number of nitrogens with one attached hydrogen (secondary N) is 1. The molecule has 0 aliphatic carbocycles. The highest BCUT2D eigenvalue weighted by molar-refractivity contribution is 5.80. The van der Waals surface area contributed by atoms with E-state index < -0.39 is 0 Å². The quantitative estimate of drug-likeness (QED) is 0.496. The van der Waals surface area contributed by atoms with Crippen LogP contribution >= 0.6 is 0 Å². The normalized spacial score (nSPS) is 10.9. The van der Waals surface area contributed by atoms with Crippen LogP contribution in [0.25, 0.3) is 0 Å². The maximum absolute atomic E-state index is 4.31. The summed E-state index contributed by atoms with van der Waals surface area (Å²) < 4.78 is 0. The Labute approximate surface area is 160 Å². The van der Waals surface area contributed by atoms with E-state index in [-0.39, 0.29) is 0 Å². The summed E-state index contributed by atoms with van der Waals surface area (Å²) in [5.74, 6) is 0.514. The first-order valence-electron chi connectivity index (χ1n) is 9.14. The predicted molar refractivity (Wildman–Crippen MR) is 112 cm³/mol. The highest BCUT2D eigenvalue weighted by Crippen LogP contribution is 2.17. The average Bonchev–Trinajstić information content (AvgIpc) is 2.67. The number of hydrazone groups is 1. The molecule has 1 aromatic heterocycles. The summed E-state index contributed by atoms with van der Waals surface area (Å²) in [4.78, 5) is 11.0. The number of hydrogen-bond acceptors (Lipinski definition) is 5. The molecule has 3 aromatic rings. The topological polar surface area (TPSA) is 53.4 Å². The van der Waals surface area contributed by atoms with Crippen LogP contribution in [0.15, 0.2) is 65.8 Å². The SMILES string of the molecule is CCN(Cc1ccccc1)c1ccc(/C=N\Nc2nc(C)cc(C)n2)cc1. The van der Waals surface area contributed by atoms with Gasteiger partial charge in [0.15, 0.2) is 0 Å². The lowest BCUT2D eigenvalue weighted by molar-refractivity contribution is 0.832. The first kappa shape index (κ1) is 18.6. The maximum Gasteiger partial charge on any atom is 0.243 e. The van der Waals surface area contributed by atoms with Gasteiger partial charge in [-0.2, -0.15) is 5.10 Å². The van der Waals surface area contributed by atoms with Gasteiger partial charge in [-0.3, -0.25) is 0 Å². The molecule has 0 amide bonds. The first-order chi connectivity index (χ1) is 13.1. The van der Waals surface area contributed by atoms with Gasteiger partial charge in [-0.15, -0.1) is 0 Å². The van der Waals surface area contributed by atoms with Crippen LogP contribution in [0.2, 0.25) is 0 Å². The van der Waals surface area contributed by atoms with Crippen LogP contribution in [0.1, 0.15) is 29.4 Å². The Morgan fingerprint density at radius 2 is 1.63 bits per heavy atom. The zero-order valence-electron chi connectivity index (χ0n) is 16.1. The Morgan fingerprint density at radius 1 is 0.963 bits per heavy atom. The number of anilines is 2. The molecule has 0 saturated carbocycles. The second-order valence-electron chi connectivity index (χ2n) is 6.44. The molecule has 1 N–H and O–H groups in total. The molecule has 138 valence electrons. The fourth-order valence-corrected chi connectivity index (χ4v) is 2.90. The van der Waals surface area contributed by atoms with Crippen LogP contribution in [0.3, 0.4) is 0 Å². The second-order valence-corrected chi connectivity index (χ2v) is 6.44. The minimum Gasteiger partial charge on any atom is -0.367 e. The largest absolute Gasteiger partial charge is 0.367 e. The molecule has 2 aromatic carbocycles. The highest BCUT2D eigenvalue weighted by atomic mass is 15.3. The summed E-state index contributed by atoms with van der Waals surface area (Å²) in [5, 5.41) is 4.24. The molecule has 0 aliphatic rings. The molecule has 0 fully saturated rings. The Balaban J connectivity index is 1.63. The smallest absolute Gasteiger partial charge is 0.243 e. The van der Waals surface area contributed by atoms with Crippen molar-refractivity contribution in [2.75, 3.05) is 16.9 Å². The van der Waals surface area contributed by atoms with Crippen LogP contribution in [0, 0.1) is 13.8 Å². The Kier molecular flexibility index (Phi) is 6.15. The number of benzene rings is 2. The predicted octanol–water partition coefficient (Wildman–Crippen LogP) is 4.57. The van der Waals surface area contributed by atoms with Crippen molar-refractivity contribution in [2.24, 2.45) is 5.10 Å². The van der Waals surface area contributed by atoms with E-state index >= 15 is 0 Å². The number of hydrogen-bond donors (Lipinski definition) is 1. The van der Waals surface area contributed by atoms with Gasteiger partial charge in [0.25, 0.3) is 0 Å². The molecule has 3 rings (SSSR count). The third-order valence-corrected chi connectivity index (χ3v) is 4.22. The summed E-state index contributed by atoms with van der Waals surface area (Å²) in [5.41, 5.74) is 8.26. The zero-order valence-corrected chi connectivity index (χ0v) is 16.1. The van der Waals surface area contributed by atoms with Crippen molar-refractivity contribution in [3.63, 3.8) is 0 Å². The molecular formula is C22H25N5. The van der Waals surface area contributed by atoms with Crippen LogP contribution in [0.5, 0.6) is 0 Å².